The quantitative estimate of drug-likeness (QED) is 0.810. The lowest BCUT2D eigenvalue weighted by molar-refractivity contribution is -0.0490. The van der Waals surface area contributed by atoms with Crippen LogP contribution in [0.4, 0.5) is 0 Å². The first kappa shape index (κ1) is 17.0. The summed E-state index contributed by atoms with van der Waals surface area (Å²) in [7, 11) is 4.00. The van der Waals surface area contributed by atoms with Gasteiger partial charge in [-0.1, -0.05) is 0 Å². The maximum atomic E-state index is 13.8. The molecule has 0 aromatic carbocycles. The van der Waals surface area contributed by atoms with Crippen molar-refractivity contribution in [2.75, 3.05) is 7.05 Å². The number of carbonyl (C=O) groups excluding carboxylic acids is 1. The number of aryl methyl sites for hydroxylation is 2. The highest BCUT2D eigenvalue weighted by molar-refractivity contribution is 6.06. The Balaban J connectivity index is 1.40. The summed E-state index contributed by atoms with van der Waals surface area (Å²) in [6, 6.07) is 2.51. The predicted octanol–water partition coefficient (Wildman–Crippen LogP) is 4.05. The number of hydrogen-bond acceptors (Lipinski definition) is 3. The van der Waals surface area contributed by atoms with E-state index in [1.807, 2.05) is 18.7 Å². The molecule has 5 fully saturated rings. The van der Waals surface area contributed by atoms with Crippen molar-refractivity contribution >= 4 is 16.9 Å². The SMILES string of the molecule is Cc1nn(C)c2nc(C3CC3)cc(C(=O)N(C)C3C4CC5CC(C4)CC3C5)c12. The lowest BCUT2D eigenvalue weighted by atomic mass is 9.54. The molecule has 0 atom stereocenters. The van der Waals surface area contributed by atoms with Gasteiger partial charge in [0.05, 0.1) is 16.6 Å². The molecule has 28 heavy (non-hydrogen) atoms. The highest BCUT2D eigenvalue weighted by Crippen LogP contribution is 2.55. The smallest absolute Gasteiger partial charge is 0.254 e. The van der Waals surface area contributed by atoms with Crippen molar-refractivity contribution in [3.05, 3.63) is 23.0 Å². The Bertz CT molecular complexity index is 945. The molecule has 0 saturated heterocycles. The second-order valence-electron chi connectivity index (χ2n) is 10.1. The first-order valence-corrected chi connectivity index (χ1v) is 11.1. The van der Waals surface area contributed by atoms with Crippen LogP contribution in [0.1, 0.15) is 72.6 Å². The summed E-state index contributed by atoms with van der Waals surface area (Å²) in [6.45, 7) is 2.00. The normalized spacial score (nSPS) is 33.6. The highest BCUT2D eigenvalue weighted by atomic mass is 16.2. The van der Waals surface area contributed by atoms with Crippen molar-refractivity contribution in [3.8, 4) is 0 Å². The summed E-state index contributed by atoms with van der Waals surface area (Å²) in [5.41, 5.74) is 3.68. The van der Waals surface area contributed by atoms with E-state index in [4.69, 9.17) is 4.98 Å². The van der Waals surface area contributed by atoms with Gasteiger partial charge in [-0.3, -0.25) is 9.48 Å². The third-order valence-corrected chi connectivity index (χ3v) is 8.16. The van der Waals surface area contributed by atoms with Crippen LogP contribution in [0.2, 0.25) is 0 Å². The fourth-order valence-corrected chi connectivity index (χ4v) is 7.08. The molecule has 2 aromatic heterocycles. The Hall–Kier alpha value is -1.91. The van der Waals surface area contributed by atoms with Crippen LogP contribution in [-0.4, -0.2) is 38.7 Å². The molecule has 0 radical (unpaired) electrons. The Morgan fingerprint density at radius 1 is 1.11 bits per heavy atom. The highest BCUT2D eigenvalue weighted by Gasteiger charge is 2.50. The van der Waals surface area contributed by atoms with Crippen LogP contribution in [0.15, 0.2) is 6.07 Å². The molecule has 0 unspecified atom stereocenters. The monoisotopic (exact) mass is 378 g/mol. The second kappa shape index (κ2) is 5.80. The van der Waals surface area contributed by atoms with Crippen molar-refractivity contribution in [2.24, 2.45) is 30.7 Å². The average molecular weight is 379 g/mol. The Kier molecular flexibility index (Phi) is 3.52. The van der Waals surface area contributed by atoms with E-state index in [2.05, 4.69) is 23.1 Å². The van der Waals surface area contributed by atoms with E-state index in [0.717, 1.165) is 39.8 Å². The summed E-state index contributed by atoms with van der Waals surface area (Å²) < 4.78 is 1.84. The van der Waals surface area contributed by atoms with Crippen LogP contribution in [0.5, 0.6) is 0 Å². The van der Waals surface area contributed by atoms with E-state index >= 15 is 0 Å². The average Bonchev–Trinajstić information content (AvgIpc) is 3.46. The molecule has 2 aromatic rings. The van der Waals surface area contributed by atoms with E-state index in [1.54, 1.807) is 0 Å². The summed E-state index contributed by atoms with van der Waals surface area (Å²) in [4.78, 5) is 20.8. The van der Waals surface area contributed by atoms with Gasteiger partial charge < -0.3 is 4.90 Å². The summed E-state index contributed by atoms with van der Waals surface area (Å²) in [5, 5.41) is 5.53. The number of carbonyl (C=O) groups is 1. The van der Waals surface area contributed by atoms with Crippen LogP contribution in [0, 0.1) is 30.6 Å². The molecule has 148 valence electrons. The van der Waals surface area contributed by atoms with Gasteiger partial charge in [0.2, 0.25) is 0 Å². The van der Waals surface area contributed by atoms with Gasteiger partial charge in [-0.2, -0.15) is 5.10 Å². The van der Waals surface area contributed by atoms with Crippen molar-refractivity contribution in [1.82, 2.24) is 19.7 Å². The van der Waals surface area contributed by atoms with Gasteiger partial charge in [-0.05, 0) is 81.6 Å². The zero-order chi connectivity index (χ0) is 19.2. The molecule has 5 heteroatoms. The topological polar surface area (TPSA) is 51.0 Å². The number of amides is 1. The maximum Gasteiger partial charge on any atom is 0.254 e. The van der Waals surface area contributed by atoms with E-state index in [-0.39, 0.29) is 5.91 Å². The van der Waals surface area contributed by atoms with Gasteiger partial charge >= 0.3 is 0 Å². The van der Waals surface area contributed by atoms with Crippen molar-refractivity contribution in [3.63, 3.8) is 0 Å². The Morgan fingerprint density at radius 2 is 1.75 bits per heavy atom. The molecule has 5 aliphatic carbocycles. The minimum Gasteiger partial charge on any atom is -0.338 e. The second-order valence-corrected chi connectivity index (χ2v) is 10.1. The van der Waals surface area contributed by atoms with Crippen molar-refractivity contribution in [1.29, 1.82) is 0 Å². The van der Waals surface area contributed by atoms with Crippen LogP contribution in [0.3, 0.4) is 0 Å². The fourth-order valence-electron chi connectivity index (χ4n) is 7.08. The lowest BCUT2D eigenvalue weighted by Gasteiger charge is -2.56. The molecule has 0 spiro atoms. The van der Waals surface area contributed by atoms with Crippen LogP contribution in [-0.2, 0) is 7.05 Å². The van der Waals surface area contributed by atoms with Gasteiger partial charge in [-0.25, -0.2) is 4.98 Å². The third kappa shape index (κ3) is 2.40. The molecule has 4 bridgehead atoms. The number of nitrogens with zero attached hydrogens (tertiary/aromatic N) is 4. The molecule has 7 rings (SSSR count). The standard InChI is InChI=1S/C23H30N4O/c1-12-20-18(11-19(15-4-5-15)24-22(20)27(3)25-12)23(28)26(2)21-16-7-13-6-14(9-16)10-17(21)8-13/h11,13-17,21H,4-10H2,1-3H3. The molecule has 5 aliphatic rings. The van der Waals surface area contributed by atoms with Gasteiger partial charge in [-0.15, -0.1) is 0 Å². The molecule has 5 nitrogen and oxygen atoms in total. The largest absolute Gasteiger partial charge is 0.338 e. The first-order chi connectivity index (χ1) is 13.5. The van der Waals surface area contributed by atoms with Gasteiger partial charge in [0.25, 0.3) is 5.91 Å². The number of hydrogen-bond donors (Lipinski definition) is 0. The zero-order valence-electron chi connectivity index (χ0n) is 17.2. The molecule has 5 saturated carbocycles. The zero-order valence-corrected chi connectivity index (χ0v) is 17.2. The number of pyridine rings is 1. The van der Waals surface area contributed by atoms with Crippen LogP contribution < -0.4 is 0 Å². The summed E-state index contributed by atoms with van der Waals surface area (Å²) in [6.07, 6.45) is 9.16. The van der Waals surface area contributed by atoms with Crippen molar-refractivity contribution < 1.29 is 4.79 Å². The lowest BCUT2D eigenvalue weighted by Crippen LogP contribution is -2.56. The molecule has 0 aliphatic heterocycles. The minimum absolute atomic E-state index is 0.183. The number of aromatic nitrogens is 3. The third-order valence-electron chi connectivity index (χ3n) is 8.16. The van der Waals surface area contributed by atoms with Crippen LogP contribution >= 0.6 is 0 Å². The minimum atomic E-state index is 0.183. The Labute approximate surface area is 166 Å². The molecule has 2 heterocycles. The van der Waals surface area contributed by atoms with Crippen LogP contribution in [0.25, 0.3) is 11.0 Å². The molecule has 1 amide bonds. The maximum absolute atomic E-state index is 13.8. The number of fused-ring (bicyclic) bond motifs is 1. The fraction of sp³-hybridized carbons (Fsp3) is 0.696. The van der Waals surface area contributed by atoms with E-state index in [0.29, 0.717) is 23.8 Å². The predicted molar refractivity (Wildman–Crippen MR) is 108 cm³/mol. The molecular weight excluding hydrogens is 348 g/mol. The van der Waals surface area contributed by atoms with E-state index in [9.17, 15) is 4.79 Å². The van der Waals surface area contributed by atoms with E-state index < -0.39 is 0 Å². The molecular formula is C23H30N4O. The van der Waals surface area contributed by atoms with E-state index in [1.165, 1.54) is 44.9 Å². The summed E-state index contributed by atoms with van der Waals surface area (Å²) >= 11 is 0. The number of rotatable bonds is 3. The molecule has 0 N–H and O–H groups in total. The van der Waals surface area contributed by atoms with Gasteiger partial charge in [0, 0.05) is 31.7 Å². The van der Waals surface area contributed by atoms with Crippen molar-refractivity contribution in [2.45, 2.75) is 63.8 Å². The summed E-state index contributed by atoms with van der Waals surface area (Å²) in [5.74, 6) is 3.98. The van der Waals surface area contributed by atoms with Gasteiger partial charge in [0.1, 0.15) is 0 Å². The first-order valence-electron chi connectivity index (χ1n) is 11.1. The Morgan fingerprint density at radius 3 is 2.36 bits per heavy atom. The van der Waals surface area contributed by atoms with Gasteiger partial charge in [0.15, 0.2) is 5.65 Å².